The minimum Gasteiger partial charge on any atom is -0.444 e. The second-order valence-electron chi connectivity index (χ2n) is 7.63. The van der Waals surface area contributed by atoms with Crippen LogP contribution < -0.4 is 10.1 Å². The number of nitrogens with one attached hydrogen (secondary N) is 1. The molecular weight excluding hydrogens is 362 g/mol. The van der Waals surface area contributed by atoms with Crippen molar-refractivity contribution in [2.45, 2.75) is 59.7 Å². The van der Waals surface area contributed by atoms with Gasteiger partial charge in [-0.15, -0.1) is 0 Å². The number of benzene rings is 1. The van der Waals surface area contributed by atoms with Gasteiger partial charge in [0.15, 0.2) is 0 Å². The number of rotatable bonds is 3. The van der Waals surface area contributed by atoms with Gasteiger partial charge in [0, 0.05) is 6.07 Å². The van der Waals surface area contributed by atoms with Crippen molar-refractivity contribution in [1.82, 2.24) is 0 Å². The number of ether oxygens (including phenoxy) is 3. The Kier molecular flexibility index (Phi) is 6.65. The molecule has 0 unspecified atom stereocenters. The third-order valence-electron chi connectivity index (χ3n) is 2.75. The molecule has 7 nitrogen and oxygen atoms in total. The number of halogens is 1. The lowest BCUT2D eigenvalue weighted by Gasteiger charge is -2.21. The van der Waals surface area contributed by atoms with E-state index in [0.29, 0.717) is 5.56 Å². The largest absolute Gasteiger partial charge is 0.514 e. The van der Waals surface area contributed by atoms with Gasteiger partial charge in [-0.2, -0.15) is 0 Å². The Hall–Kier alpha value is -2.28. The van der Waals surface area contributed by atoms with Crippen LogP contribution in [-0.2, 0) is 9.47 Å². The van der Waals surface area contributed by atoms with E-state index in [4.69, 9.17) is 25.8 Å². The highest BCUT2D eigenvalue weighted by molar-refractivity contribution is 6.68. The molecule has 0 aliphatic heterocycles. The zero-order chi connectivity index (χ0) is 20.3. The van der Waals surface area contributed by atoms with E-state index >= 15 is 0 Å². The smallest absolute Gasteiger partial charge is 0.444 e. The first-order valence-corrected chi connectivity index (χ1v) is 8.31. The number of carbonyl (C=O) groups is 3. The summed E-state index contributed by atoms with van der Waals surface area (Å²) in [5, 5.41) is 1.66. The molecular formula is C18H24ClNO6. The van der Waals surface area contributed by atoms with Crippen LogP contribution in [0.4, 0.5) is 15.3 Å². The number of hydrogen-bond acceptors (Lipinski definition) is 6. The second-order valence-corrected chi connectivity index (χ2v) is 7.97. The molecule has 0 saturated carbocycles. The van der Waals surface area contributed by atoms with Gasteiger partial charge >= 0.3 is 12.2 Å². The highest BCUT2D eigenvalue weighted by atomic mass is 35.5. The van der Waals surface area contributed by atoms with Crippen LogP contribution in [0.25, 0.3) is 0 Å². The van der Waals surface area contributed by atoms with Crippen LogP contribution in [0, 0.1) is 6.92 Å². The number of carbonyl (C=O) groups excluding carboxylic acids is 3. The lowest BCUT2D eigenvalue weighted by atomic mass is 10.1. The first-order chi connectivity index (χ1) is 11.7. The fraction of sp³-hybridized carbons (Fsp3) is 0.500. The Bertz CT molecular complexity index is 716. The van der Waals surface area contributed by atoms with E-state index in [1.54, 1.807) is 48.5 Å². The Morgan fingerprint density at radius 3 is 1.96 bits per heavy atom. The Morgan fingerprint density at radius 2 is 1.50 bits per heavy atom. The molecule has 0 radical (unpaired) electrons. The molecule has 1 aromatic carbocycles. The van der Waals surface area contributed by atoms with Gasteiger partial charge < -0.3 is 14.2 Å². The van der Waals surface area contributed by atoms with Gasteiger partial charge in [-0.05, 0) is 71.7 Å². The Morgan fingerprint density at radius 1 is 0.962 bits per heavy atom. The molecule has 0 fully saturated rings. The van der Waals surface area contributed by atoms with Gasteiger partial charge in [-0.25, -0.2) is 9.59 Å². The summed E-state index contributed by atoms with van der Waals surface area (Å²) in [5.41, 5.74) is -0.880. The van der Waals surface area contributed by atoms with Gasteiger partial charge in [0.2, 0.25) is 0 Å². The van der Waals surface area contributed by atoms with Crippen molar-refractivity contribution in [3.05, 3.63) is 23.3 Å². The average Bonchev–Trinajstić information content (AvgIpc) is 2.37. The predicted octanol–water partition coefficient (Wildman–Crippen LogP) is 5.03. The molecule has 144 valence electrons. The van der Waals surface area contributed by atoms with Crippen LogP contribution >= 0.6 is 11.6 Å². The summed E-state index contributed by atoms with van der Waals surface area (Å²) in [7, 11) is 0. The fourth-order valence-corrected chi connectivity index (χ4v) is 1.99. The van der Waals surface area contributed by atoms with E-state index in [0.717, 1.165) is 0 Å². The van der Waals surface area contributed by atoms with Gasteiger partial charge in [-0.3, -0.25) is 10.1 Å². The van der Waals surface area contributed by atoms with Crippen molar-refractivity contribution < 1.29 is 28.6 Å². The van der Waals surface area contributed by atoms with Crippen molar-refractivity contribution in [3.63, 3.8) is 0 Å². The summed E-state index contributed by atoms with van der Waals surface area (Å²) in [5.74, 6) is 0.118. The van der Waals surface area contributed by atoms with Crippen LogP contribution in [0.2, 0.25) is 0 Å². The highest BCUT2D eigenvalue weighted by Crippen LogP contribution is 2.29. The number of aryl methyl sites for hydroxylation is 1. The van der Waals surface area contributed by atoms with Crippen LogP contribution in [0.1, 0.15) is 57.5 Å². The molecule has 0 saturated heterocycles. The van der Waals surface area contributed by atoms with Crippen molar-refractivity contribution in [1.29, 1.82) is 0 Å². The SMILES string of the molecule is Cc1cc(C(=O)Cl)c(NC(=O)OC(C)(C)C)cc1OC(=O)OC(C)(C)C. The predicted molar refractivity (Wildman–Crippen MR) is 98.1 cm³/mol. The average molecular weight is 386 g/mol. The normalized spacial score (nSPS) is 11.5. The van der Waals surface area contributed by atoms with E-state index in [-0.39, 0.29) is 17.0 Å². The summed E-state index contributed by atoms with van der Waals surface area (Å²) in [6.45, 7) is 11.8. The molecule has 8 heteroatoms. The number of hydrogen-bond donors (Lipinski definition) is 1. The van der Waals surface area contributed by atoms with Crippen molar-refractivity contribution in [3.8, 4) is 5.75 Å². The molecule has 1 aromatic rings. The molecule has 1 N–H and O–H groups in total. The first-order valence-electron chi connectivity index (χ1n) is 7.93. The van der Waals surface area contributed by atoms with Gasteiger partial charge in [0.05, 0.1) is 11.3 Å². The van der Waals surface area contributed by atoms with E-state index in [2.05, 4.69) is 5.32 Å². The molecule has 0 bridgehead atoms. The summed E-state index contributed by atoms with van der Waals surface area (Å²) in [4.78, 5) is 35.5. The molecule has 26 heavy (non-hydrogen) atoms. The third-order valence-corrected chi connectivity index (χ3v) is 2.95. The Balaban J connectivity index is 3.13. The van der Waals surface area contributed by atoms with Gasteiger partial charge in [-0.1, -0.05) is 0 Å². The molecule has 0 aliphatic rings. The molecule has 0 atom stereocenters. The summed E-state index contributed by atoms with van der Waals surface area (Å²) >= 11 is 5.58. The standard InChI is InChI=1S/C18H24ClNO6/c1-10-8-11(14(19)21)12(20-15(22)25-17(2,3)4)9-13(10)24-16(23)26-18(5,6)7/h8-9H,1-7H3,(H,20,22). The zero-order valence-electron chi connectivity index (χ0n) is 16.0. The highest BCUT2D eigenvalue weighted by Gasteiger charge is 2.22. The molecule has 0 heterocycles. The zero-order valence-corrected chi connectivity index (χ0v) is 16.7. The molecule has 1 amide bonds. The van der Waals surface area contributed by atoms with E-state index in [1.165, 1.54) is 12.1 Å². The fourth-order valence-electron chi connectivity index (χ4n) is 1.84. The molecule has 0 aromatic heterocycles. The maximum Gasteiger partial charge on any atom is 0.514 e. The van der Waals surface area contributed by atoms with Crippen molar-refractivity contribution in [2.24, 2.45) is 0 Å². The van der Waals surface area contributed by atoms with E-state index in [1.807, 2.05) is 0 Å². The van der Waals surface area contributed by atoms with Crippen LogP contribution in [0.3, 0.4) is 0 Å². The first kappa shape index (κ1) is 21.8. The summed E-state index contributed by atoms with van der Waals surface area (Å²) in [6, 6.07) is 2.72. The summed E-state index contributed by atoms with van der Waals surface area (Å²) < 4.78 is 15.4. The van der Waals surface area contributed by atoms with Crippen molar-refractivity contribution >= 4 is 34.8 Å². The van der Waals surface area contributed by atoms with Gasteiger partial charge in [0.25, 0.3) is 5.24 Å². The van der Waals surface area contributed by atoms with Crippen LogP contribution in [0.5, 0.6) is 5.75 Å². The molecule has 0 aliphatic carbocycles. The quantitative estimate of drug-likeness (QED) is 0.445. The summed E-state index contributed by atoms with van der Waals surface area (Å²) in [6.07, 6.45) is -1.68. The minimum absolute atomic E-state index is 0.0477. The minimum atomic E-state index is -0.909. The van der Waals surface area contributed by atoms with Gasteiger partial charge in [0.1, 0.15) is 17.0 Å². The second kappa shape index (κ2) is 7.95. The maximum atomic E-state index is 12.0. The number of anilines is 1. The maximum absolute atomic E-state index is 12.0. The molecule has 1 rings (SSSR count). The lowest BCUT2D eigenvalue weighted by molar-refractivity contribution is 0.0205. The number of amides is 1. The molecule has 0 spiro atoms. The van der Waals surface area contributed by atoms with E-state index in [9.17, 15) is 14.4 Å². The topological polar surface area (TPSA) is 90.9 Å². The third kappa shape index (κ3) is 7.31. The van der Waals surface area contributed by atoms with E-state index < -0.39 is 28.7 Å². The van der Waals surface area contributed by atoms with Crippen LogP contribution in [0.15, 0.2) is 12.1 Å². The monoisotopic (exact) mass is 385 g/mol. The Labute approximate surface area is 157 Å². The van der Waals surface area contributed by atoms with Crippen molar-refractivity contribution in [2.75, 3.05) is 5.32 Å². The van der Waals surface area contributed by atoms with Crippen LogP contribution in [-0.4, -0.2) is 28.7 Å². The lowest BCUT2D eigenvalue weighted by Crippen LogP contribution is -2.28.